The molecule has 0 aliphatic carbocycles. The van der Waals surface area contributed by atoms with Crippen molar-refractivity contribution in [2.24, 2.45) is 4.99 Å². The van der Waals surface area contributed by atoms with Crippen molar-refractivity contribution in [3.63, 3.8) is 0 Å². The number of ether oxygens (including phenoxy) is 4. The Morgan fingerprint density at radius 3 is 2.58 bits per heavy atom. The number of carbonyl (C=O) groups is 1. The number of aliphatic imine (C=N–C) groups is 1. The molecule has 2 saturated heterocycles. The van der Waals surface area contributed by atoms with Crippen LogP contribution in [0, 0.1) is 0 Å². The molecule has 1 aromatic carbocycles. The van der Waals surface area contributed by atoms with Crippen LogP contribution in [-0.2, 0) is 14.9 Å². The maximum absolute atomic E-state index is 12.2. The molecule has 33 heavy (non-hydrogen) atoms. The first-order valence-corrected chi connectivity index (χ1v) is 11.2. The number of amides is 1. The van der Waals surface area contributed by atoms with E-state index in [0.717, 1.165) is 50.1 Å². The van der Waals surface area contributed by atoms with Gasteiger partial charge in [-0.25, -0.2) is 4.79 Å². The topological polar surface area (TPSA) is 93.7 Å². The Labute approximate surface area is 212 Å². The van der Waals surface area contributed by atoms with Crippen LogP contribution in [0.2, 0.25) is 0 Å². The number of halogens is 1. The van der Waals surface area contributed by atoms with Gasteiger partial charge in [-0.1, -0.05) is 6.07 Å². The summed E-state index contributed by atoms with van der Waals surface area (Å²) in [5, 5.41) is 6.92. The van der Waals surface area contributed by atoms with Gasteiger partial charge in [-0.15, -0.1) is 24.0 Å². The first-order valence-electron chi connectivity index (χ1n) is 11.2. The molecular formula is C23H35IN4O5. The molecule has 3 heterocycles. The molecule has 0 bridgehead atoms. The maximum Gasteiger partial charge on any atom is 0.410 e. The van der Waals surface area contributed by atoms with Crippen molar-refractivity contribution in [1.29, 1.82) is 0 Å². The van der Waals surface area contributed by atoms with Gasteiger partial charge in [-0.3, -0.25) is 4.99 Å². The van der Waals surface area contributed by atoms with Gasteiger partial charge in [0.05, 0.1) is 6.04 Å². The minimum absolute atomic E-state index is 0. The Kier molecular flexibility index (Phi) is 8.20. The van der Waals surface area contributed by atoms with Crippen LogP contribution >= 0.6 is 24.0 Å². The van der Waals surface area contributed by atoms with E-state index in [4.69, 9.17) is 18.9 Å². The molecule has 3 aliphatic heterocycles. The highest BCUT2D eigenvalue weighted by molar-refractivity contribution is 14.0. The molecular weight excluding hydrogens is 539 g/mol. The van der Waals surface area contributed by atoms with Crippen LogP contribution in [0.3, 0.4) is 0 Å². The van der Waals surface area contributed by atoms with Crippen LogP contribution in [0.1, 0.15) is 39.2 Å². The summed E-state index contributed by atoms with van der Waals surface area (Å²) >= 11 is 0. The van der Waals surface area contributed by atoms with E-state index in [9.17, 15) is 4.79 Å². The van der Waals surface area contributed by atoms with Gasteiger partial charge in [0.1, 0.15) is 5.60 Å². The van der Waals surface area contributed by atoms with Gasteiger partial charge in [0.15, 0.2) is 17.5 Å². The zero-order valence-electron chi connectivity index (χ0n) is 19.8. The van der Waals surface area contributed by atoms with Gasteiger partial charge >= 0.3 is 6.09 Å². The third-order valence-electron chi connectivity index (χ3n) is 6.13. The molecule has 2 fully saturated rings. The highest BCUT2D eigenvalue weighted by Crippen LogP contribution is 2.40. The van der Waals surface area contributed by atoms with Crippen molar-refractivity contribution in [2.45, 2.75) is 50.7 Å². The molecule has 0 unspecified atom stereocenters. The Balaban J connectivity index is 0.00000306. The summed E-state index contributed by atoms with van der Waals surface area (Å²) in [6.07, 6.45) is 1.54. The number of rotatable bonds is 4. The average molecular weight is 574 g/mol. The first-order chi connectivity index (χ1) is 15.3. The van der Waals surface area contributed by atoms with E-state index in [0.29, 0.717) is 13.1 Å². The van der Waals surface area contributed by atoms with E-state index in [1.807, 2.05) is 26.8 Å². The number of fused-ring (bicyclic) bond motifs is 1. The van der Waals surface area contributed by atoms with Crippen molar-refractivity contribution in [3.05, 3.63) is 23.8 Å². The molecule has 184 valence electrons. The Morgan fingerprint density at radius 1 is 1.21 bits per heavy atom. The number of guanidine groups is 1. The molecule has 0 aromatic heterocycles. The summed E-state index contributed by atoms with van der Waals surface area (Å²) in [6, 6.07) is 6.35. The van der Waals surface area contributed by atoms with Crippen molar-refractivity contribution in [1.82, 2.24) is 15.5 Å². The van der Waals surface area contributed by atoms with Crippen molar-refractivity contribution in [2.75, 3.05) is 46.7 Å². The minimum atomic E-state index is -0.486. The molecule has 2 N–H and O–H groups in total. The number of hydrogen-bond donors (Lipinski definition) is 2. The fourth-order valence-electron chi connectivity index (χ4n) is 4.24. The lowest BCUT2D eigenvalue weighted by Gasteiger charge is -2.41. The monoisotopic (exact) mass is 574 g/mol. The molecule has 3 aliphatic rings. The largest absolute Gasteiger partial charge is 0.454 e. The van der Waals surface area contributed by atoms with Crippen LogP contribution in [0.5, 0.6) is 11.5 Å². The summed E-state index contributed by atoms with van der Waals surface area (Å²) in [7, 11) is 1.76. The zero-order valence-corrected chi connectivity index (χ0v) is 22.1. The van der Waals surface area contributed by atoms with E-state index in [1.165, 1.54) is 5.56 Å². The molecule has 0 saturated carbocycles. The molecule has 10 heteroatoms. The Bertz CT molecular complexity index is 861. The maximum atomic E-state index is 12.2. The average Bonchev–Trinajstić information content (AvgIpc) is 3.19. The lowest BCUT2D eigenvalue weighted by Crippen LogP contribution is -2.63. The van der Waals surface area contributed by atoms with E-state index in [2.05, 4.69) is 27.8 Å². The quantitative estimate of drug-likeness (QED) is 0.325. The summed E-state index contributed by atoms with van der Waals surface area (Å²) in [5.41, 5.74) is 0.645. The van der Waals surface area contributed by atoms with Crippen molar-refractivity contribution in [3.8, 4) is 11.5 Å². The van der Waals surface area contributed by atoms with E-state index >= 15 is 0 Å². The van der Waals surface area contributed by atoms with Crippen molar-refractivity contribution < 1.29 is 23.7 Å². The van der Waals surface area contributed by atoms with E-state index in [1.54, 1.807) is 11.9 Å². The summed E-state index contributed by atoms with van der Waals surface area (Å²) in [6.45, 7) is 9.23. The highest BCUT2D eigenvalue weighted by Gasteiger charge is 2.37. The molecule has 4 rings (SSSR count). The minimum Gasteiger partial charge on any atom is -0.454 e. The molecule has 1 amide bonds. The SMILES string of the molecule is CN=C(NCC1(c2ccc3c(c2)OCO3)CCOCC1)NC1CN(C(=O)OC(C)(C)C)C1.I. The smallest absolute Gasteiger partial charge is 0.410 e. The van der Waals surface area contributed by atoms with E-state index < -0.39 is 5.60 Å². The fourth-order valence-corrected chi connectivity index (χ4v) is 4.24. The predicted octanol–water partition coefficient (Wildman–Crippen LogP) is 2.87. The predicted molar refractivity (Wildman–Crippen MR) is 136 cm³/mol. The van der Waals surface area contributed by atoms with Crippen LogP contribution in [0.4, 0.5) is 4.79 Å². The molecule has 0 atom stereocenters. The van der Waals surface area contributed by atoms with Gasteiger partial charge in [0.2, 0.25) is 6.79 Å². The zero-order chi connectivity index (χ0) is 22.8. The van der Waals surface area contributed by atoms with Gasteiger partial charge in [-0.2, -0.15) is 0 Å². The van der Waals surface area contributed by atoms with Gasteiger partial charge in [0, 0.05) is 45.3 Å². The van der Waals surface area contributed by atoms with Crippen molar-refractivity contribution >= 4 is 36.0 Å². The normalized spacial score (nSPS) is 19.9. The van der Waals surface area contributed by atoms with Crippen LogP contribution < -0.4 is 20.1 Å². The third kappa shape index (κ3) is 6.14. The lowest BCUT2D eigenvalue weighted by atomic mass is 9.74. The lowest BCUT2D eigenvalue weighted by molar-refractivity contribution is 0.00699. The molecule has 0 radical (unpaired) electrons. The highest BCUT2D eigenvalue weighted by atomic mass is 127. The number of nitrogens with zero attached hydrogens (tertiary/aromatic N) is 2. The third-order valence-corrected chi connectivity index (χ3v) is 6.13. The van der Waals surface area contributed by atoms with Crippen LogP contribution in [0.25, 0.3) is 0 Å². The number of hydrogen-bond acceptors (Lipinski definition) is 6. The Hall–Kier alpha value is -1.95. The van der Waals surface area contributed by atoms with E-state index in [-0.39, 0.29) is 48.3 Å². The van der Waals surface area contributed by atoms with Crippen LogP contribution in [-0.4, -0.2) is 75.3 Å². The van der Waals surface area contributed by atoms with Gasteiger partial charge < -0.3 is 34.5 Å². The standard InChI is InChI=1S/C23H34N4O5.HI/c1-22(2,3)32-21(28)27-12-17(13-27)26-20(24-4)25-14-23(7-9-29-10-8-23)16-5-6-18-19(11-16)31-15-30-18;/h5-6,11,17H,7-10,12-15H2,1-4H3,(H2,24,25,26);1H. The second kappa shape index (κ2) is 10.5. The second-order valence-corrected chi connectivity index (χ2v) is 9.61. The second-order valence-electron chi connectivity index (χ2n) is 9.61. The number of carbonyl (C=O) groups excluding carboxylic acids is 1. The Morgan fingerprint density at radius 2 is 1.91 bits per heavy atom. The summed E-state index contributed by atoms with van der Waals surface area (Å²) in [5.74, 6) is 2.32. The van der Waals surface area contributed by atoms with Gasteiger partial charge in [0.25, 0.3) is 0 Å². The molecule has 0 spiro atoms. The van der Waals surface area contributed by atoms with Gasteiger partial charge in [-0.05, 0) is 51.3 Å². The summed E-state index contributed by atoms with van der Waals surface area (Å²) in [4.78, 5) is 18.2. The van der Waals surface area contributed by atoms with Crippen LogP contribution in [0.15, 0.2) is 23.2 Å². The fraction of sp³-hybridized carbons (Fsp3) is 0.652. The number of likely N-dealkylation sites (tertiary alicyclic amines) is 1. The number of nitrogens with one attached hydrogen (secondary N) is 2. The molecule has 1 aromatic rings. The molecule has 9 nitrogen and oxygen atoms in total. The first kappa shape index (κ1) is 25.7. The summed E-state index contributed by atoms with van der Waals surface area (Å²) < 4.78 is 22.2. The number of benzene rings is 1.